The summed E-state index contributed by atoms with van der Waals surface area (Å²) < 4.78 is 5.33. The molecular weight excluding hydrogens is 232 g/mol. The molecule has 0 saturated carbocycles. The molecule has 1 atom stereocenters. The lowest BCUT2D eigenvalue weighted by atomic mass is 10.2. The van der Waals surface area contributed by atoms with Crippen LogP contribution < -0.4 is 5.32 Å². The minimum absolute atomic E-state index is 0.00317. The Morgan fingerprint density at radius 3 is 2.94 bits per heavy atom. The van der Waals surface area contributed by atoms with Crippen molar-refractivity contribution in [2.75, 3.05) is 38.2 Å². The smallest absolute Gasteiger partial charge is 0.238 e. The first-order chi connectivity index (χ1) is 8.78. The summed E-state index contributed by atoms with van der Waals surface area (Å²) in [6.07, 6.45) is -0.178. The molecule has 1 heterocycles. The molecule has 1 amide bonds. The number of ether oxygens (including phenoxy) is 1. The van der Waals surface area contributed by atoms with E-state index in [-0.39, 0.29) is 18.6 Å². The van der Waals surface area contributed by atoms with Crippen molar-refractivity contribution >= 4 is 11.6 Å². The summed E-state index contributed by atoms with van der Waals surface area (Å²) in [7, 11) is 0. The predicted molar refractivity (Wildman–Crippen MR) is 68.3 cm³/mol. The van der Waals surface area contributed by atoms with Crippen molar-refractivity contribution in [1.82, 2.24) is 4.90 Å². The Morgan fingerprint density at radius 1 is 1.44 bits per heavy atom. The maximum Gasteiger partial charge on any atom is 0.238 e. The number of rotatable bonds is 4. The fourth-order valence-corrected chi connectivity index (χ4v) is 1.96. The van der Waals surface area contributed by atoms with E-state index < -0.39 is 0 Å². The summed E-state index contributed by atoms with van der Waals surface area (Å²) in [6.45, 7) is 2.20. The van der Waals surface area contributed by atoms with Crippen LogP contribution in [0.3, 0.4) is 0 Å². The van der Waals surface area contributed by atoms with E-state index in [4.69, 9.17) is 9.84 Å². The van der Waals surface area contributed by atoms with Crippen LogP contribution in [-0.4, -0.2) is 54.9 Å². The van der Waals surface area contributed by atoms with Gasteiger partial charge in [0.2, 0.25) is 5.91 Å². The number of anilines is 1. The molecule has 2 N–H and O–H groups in total. The molecule has 1 fully saturated rings. The van der Waals surface area contributed by atoms with Crippen LogP contribution in [0.1, 0.15) is 0 Å². The SMILES string of the molecule is O=C(CN1CCOC(CO)C1)Nc1ccccc1. The molecule has 5 heteroatoms. The summed E-state index contributed by atoms with van der Waals surface area (Å²) >= 11 is 0. The summed E-state index contributed by atoms with van der Waals surface area (Å²) in [5.74, 6) is -0.0419. The number of nitrogens with zero attached hydrogens (tertiary/aromatic N) is 1. The van der Waals surface area contributed by atoms with E-state index >= 15 is 0 Å². The van der Waals surface area contributed by atoms with Crippen molar-refractivity contribution in [3.8, 4) is 0 Å². The van der Waals surface area contributed by atoms with Crippen LogP contribution in [0.2, 0.25) is 0 Å². The zero-order valence-electron chi connectivity index (χ0n) is 10.2. The van der Waals surface area contributed by atoms with Gasteiger partial charge in [-0.25, -0.2) is 0 Å². The second kappa shape index (κ2) is 6.49. The molecule has 0 aromatic heterocycles. The van der Waals surface area contributed by atoms with E-state index in [0.29, 0.717) is 19.7 Å². The van der Waals surface area contributed by atoms with Gasteiger partial charge in [-0.05, 0) is 12.1 Å². The third kappa shape index (κ3) is 3.80. The zero-order valence-corrected chi connectivity index (χ0v) is 10.2. The highest BCUT2D eigenvalue weighted by molar-refractivity contribution is 5.92. The van der Waals surface area contributed by atoms with Gasteiger partial charge in [0.25, 0.3) is 0 Å². The Labute approximate surface area is 106 Å². The van der Waals surface area contributed by atoms with E-state index in [9.17, 15) is 4.79 Å². The van der Waals surface area contributed by atoms with Crippen LogP contribution in [0, 0.1) is 0 Å². The molecule has 0 spiro atoms. The molecule has 1 saturated heterocycles. The van der Waals surface area contributed by atoms with Gasteiger partial charge in [0, 0.05) is 18.8 Å². The Balaban J connectivity index is 1.80. The third-order valence-corrected chi connectivity index (χ3v) is 2.85. The standard InChI is InChI=1S/C13H18N2O3/c16-10-12-8-15(6-7-18-12)9-13(17)14-11-4-2-1-3-5-11/h1-5,12,16H,6-10H2,(H,14,17). The summed E-state index contributed by atoms with van der Waals surface area (Å²) in [6, 6.07) is 9.38. The number of amides is 1. The molecule has 98 valence electrons. The lowest BCUT2D eigenvalue weighted by molar-refractivity contribution is -0.120. The Bertz CT molecular complexity index is 383. The van der Waals surface area contributed by atoms with Gasteiger partial charge < -0.3 is 15.2 Å². The molecule has 2 rings (SSSR count). The number of carbonyl (C=O) groups is 1. The normalized spacial score (nSPS) is 20.6. The van der Waals surface area contributed by atoms with Crippen molar-refractivity contribution < 1.29 is 14.6 Å². The summed E-state index contributed by atoms with van der Waals surface area (Å²) in [5, 5.41) is 11.9. The molecular formula is C13H18N2O3. The number of carbonyl (C=O) groups excluding carboxylic acids is 1. The van der Waals surface area contributed by atoms with Crippen LogP contribution in [-0.2, 0) is 9.53 Å². The van der Waals surface area contributed by atoms with Gasteiger partial charge in [-0.2, -0.15) is 0 Å². The number of aliphatic hydroxyl groups excluding tert-OH is 1. The average Bonchev–Trinajstić information content (AvgIpc) is 2.40. The highest BCUT2D eigenvalue weighted by Crippen LogP contribution is 2.07. The number of aliphatic hydroxyl groups is 1. The minimum atomic E-state index is -0.178. The van der Waals surface area contributed by atoms with Gasteiger partial charge in [0.1, 0.15) is 0 Å². The molecule has 1 aliphatic heterocycles. The number of morpholine rings is 1. The van der Waals surface area contributed by atoms with Crippen molar-refractivity contribution in [2.24, 2.45) is 0 Å². The molecule has 18 heavy (non-hydrogen) atoms. The highest BCUT2D eigenvalue weighted by Gasteiger charge is 2.21. The van der Waals surface area contributed by atoms with Crippen molar-refractivity contribution in [2.45, 2.75) is 6.10 Å². The maximum atomic E-state index is 11.8. The highest BCUT2D eigenvalue weighted by atomic mass is 16.5. The monoisotopic (exact) mass is 250 g/mol. The number of hydrogen-bond acceptors (Lipinski definition) is 4. The van der Waals surface area contributed by atoms with Gasteiger partial charge in [0.05, 0.1) is 25.9 Å². The van der Waals surface area contributed by atoms with Crippen LogP contribution in [0.25, 0.3) is 0 Å². The Hall–Kier alpha value is -1.43. The van der Waals surface area contributed by atoms with Crippen molar-refractivity contribution in [3.05, 3.63) is 30.3 Å². The van der Waals surface area contributed by atoms with E-state index in [2.05, 4.69) is 5.32 Å². The van der Waals surface area contributed by atoms with E-state index in [1.54, 1.807) is 0 Å². The van der Waals surface area contributed by atoms with Crippen LogP contribution in [0.15, 0.2) is 30.3 Å². The molecule has 5 nitrogen and oxygen atoms in total. The van der Waals surface area contributed by atoms with E-state index in [1.807, 2.05) is 35.2 Å². The minimum Gasteiger partial charge on any atom is -0.394 e. The quantitative estimate of drug-likeness (QED) is 0.808. The molecule has 1 aromatic rings. The van der Waals surface area contributed by atoms with Crippen molar-refractivity contribution in [1.29, 1.82) is 0 Å². The Kier molecular flexibility index (Phi) is 4.69. The molecule has 1 aliphatic rings. The third-order valence-electron chi connectivity index (χ3n) is 2.85. The molecule has 0 radical (unpaired) electrons. The molecule has 0 aliphatic carbocycles. The van der Waals surface area contributed by atoms with Crippen LogP contribution >= 0.6 is 0 Å². The lowest BCUT2D eigenvalue weighted by Crippen LogP contribution is -2.46. The topological polar surface area (TPSA) is 61.8 Å². The van der Waals surface area contributed by atoms with Gasteiger partial charge in [-0.3, -0.25) is 9.69 Å². The fourth-order valence-electron chi connectivity index (χ4n) is 1.96. The second-order valence-electron chi connectivity index (χ2n) is 4.32. The maximum absolute atomic E-state index is 11.8. The predicted octanol–water partition coefficient (Wildman–Crippen LogP) is 0.318. The van der Waals surface area contributed by atoms with Gasteiger partial charge in [-0.1, -0.05) is 18.2 Å². The van der Waals surface area contributed by atoms with E-state index in [1.165, 1.54) is 0 Å². The average molecular weight is 250 g/mol. The number of para-hydroxylation sites is 1. The molecule has 1 unspecified atom stereocenters. The lowest BCUT2D eigenvalue weighted by Gasteiger charge is -2.31. The first-order valence-corrected chi connectivity index (χ1v) is 6.07. The van der Waals surface area contributed by atoms with Crippen LogP contribution in [0.4, 0.5) is 5.69 Å². The summed E-state index contributed by atoms with van der Waals surface area (Å²) in [5.41, 5.74) is 0.800. The number of nitrogens with one attached hydrogen (secondary N) is 1. The first-order valence-electron chi connectivity index (χ1n) is 6.07. The molecule has 1 aromatic carbocycles. The van der Waals surface area contributed by atoms with Gasteiger partial charge >= 0.3 is 0 Å². The van der Waals surface area contributed by atoms with Gasteiger partial charge in [-0.15, -0.1) is 0 Å². The number of hydrogen-bond donors (Lipinski definition) is 2. The Morgan fingerprint density at radius 2 is 2.22 bits per heavy atom. The second-order valence-corrected chi connectivity index (χ2v) is 4.32. The van der Waals surface area contributed by atoms with Gasteiger partial charge in [0.15, 0.2) is 0 Å². The molecule has 0 bridgehead atoms. The van der Waals surface area contributed by atoms with Crippen LogP contribution in [0.5, 0.6) is 0 Å². The van der Waals surface area contributed by atoms with E-state index in [0.717, 1.165) is 12.2 Å². The first kappa shape index (κ1) is 13.0. The van der Waals surface area contributed by atoms with Crippen molar-refractivity contribution in [3.63, 3.8) is 0 Å². The summed E-state index contributed by atoms with van der Waals surface area (Å²) in [4.78, 5) is 13.8. The fraction of sp³-hybridized carbons (Fsp3) is 0.462. The zero-order chi connectivity index (χ0) is 12.8. The number of benzene rings is 1. The largest absolute Gasteiger partial charge is 0.394 e.